The maximum atomic E-state index is 12.4. The van der Waals surface area contributed by atoms with Gasteiger partial charge in [0.25, 0.3) is 5.91 Å². The van der Waals surface area contributed by atoms with Crippen LogP contribution in [0.25, 0.3) is 11.0 Å². The molecule has 5 heteroatoms. The fourth-order valence-corrected chi connectivity index (χ4v) is 3.10. The van der Waals surface area contributed by atoms with Crippen molar-refractivity contribution in [2.45, 2.75) is 33.4 Å². The van der Waals surface area contributed by atoms with Crippen LogP contribution in [0.3, 0.4) is 0 Å². The molecule has 27 heavy (non-hydrogen) atoms. The number of imidazole rings is 1. The van der Waals surface area contributed by atoms with Gasteiger partial charge in [-0.2, -0.15) is 0 Å². The highest BCUT2D eigenvalue weighted by molar-refractivity contribution is 5.79. The Morgan fingerprint density at radius 3 is 2.85 bits per heavy atom. The molecule has 0 bridgehead atoms. The number of amides is 1. The van der Waals surface area contributed by atoms with E-state index in [0.717, 1.165) is 33.7 Å². The third-order valence-electron chi connectivity index (χ3n) is 4.46. The highest BCUT2D eigenvalue weighted by atomic mass is 16.5. The lowest BCUT2D eigenvalue weighted by molar-refractivity contribution is -0.123. The molecule has 0 saturated heterocycles. The van der Waals surface area contributed by atoms with Gasteiger partial charge in [-0.05, 0) is 50.1 Å². The van der Waals surface area contributed by atoms with E-state index in [-0.39, 0.29) is 18.6 Å². The molecular formula is C22H25N3O2. The van der Waals surface area contributed by atoms with Gasteiger partial charge in [0.2, 0.25) is 0 Å². The summed E-state index contributed by atoms with van der Waals surface area (Å²) in [5.41, 5.74) is 4.04. The van der Waals surface area contributed by atoms with Crippen molar-refractivity contribution in [3.63, 3.8) is 0 Å². The second kappa shape index (κ2) is 8.08. The fraction of sp³-hybridized carbons (Fsp3) is 0.273. The van der Waals surface area contributed by atoms with Gasteiger partial charge in [-0.3, -0.25) is 4.79 Å². The minimum atomic E-state index is -0.243. The molecule has 0 fully saturated rings. The predicted octanol–water partition coefficient (Wildman–Crippen LogP) is 4.10. The van der Waals surface area contributed by atoms with Gasteiger partial charge in [-0.15, -0.1) is 6.58 Å². The lowest BCUT2D eigenvalue weighted by Crippen LogP contribution is -2.32. The largest absolute Gasteiger partial charge is 0.483 e. The number of carbonyl (C=O) groups is 1. The van der Waals surface area contributed by atoms with Crippen molar-refractivity contribution >= 4 is 16.9 Å². The zero-order chi connectivity index (χ0) is 19.4. The summed E-state index contributed by atoms with van der Waals surface area (Å²) in [6.45, 7) is 10.3. The van der Waals surface area contributed by atoms with Crippen LogP contribution in [0.15, 0.2) is 55.1 Å². The van der Waals surface area contributed by atoms with E-state index >= 15 is 0 Å². The van der Waals surface area contributed by atoms with Gasteiger partial charge >= 0.3 is 0 Å². The summed E-state index contributed by atoms with van der Waals surface area (Å²) in [5.74, 6) is 1.36. The van der Waals surface area contributed by atoms with E-state index in [1.807, 2.05) is 69.3 Å². The summed E-state index contributed by atoms with van der Waals surface area (Å²) in [4.78, 5) is 17.1. The molecule has 0 aliphatic rings. The van der Waals surface area contributed by atoms with Gasteiger partial charge in [-0.25, -0.2) is 4.98 Å². The van der Waals surface area contributed by atoms with Crippen LogP contribution in [0.1, 0.15) is 29.9 Å². The maximum Gasteiger partial charge on any atom is 0.258 e. The molecule has 0 spiro atoms. The lowest BCUT2D eigenvalue weighted by atomic mass is 10.1. The van der Waals surface area contributed by atoms with E-state index in [4.69, 9.17) is 4.74 Å². The fourth-order valence-electron chi connectivity index (χ4n) is 3.10. The molecule has 0 aliphatic heterocycles. The molecule has 1 atom stereocenters. The van der Waals surface area contributed by atoms with Crippen molar-refractivity contribution in [3.8, 4) is 5.75 Å². The zero-order valence-corrected chi connectivity index (χ0v) is 16.0. The number of hydrogen-bond acceptors (Lipinski definition) is 3. The summed E-state index contributed by atoms with van der Waals surface area (Å²) in [7, 11) is 0. The Labute approximate surface area is 159 Å². The number of ether oxygens (including phenoxy) is 1. The standard InChI is InChI=1S/C22H25N3O2/c1-5-12-25-19-9-7-6-8-18(19)24-22(25)17(4)23-21(26)14-27-20-13-15(2)10-11-16(20)3/h5-11,13,17H,1,12,14H2,2-4H3,(H,23,26). The van der Waals surface area contributed by atoms with Crippen LogP contribution in [-0.2, 0) is 11.3 Å². The average Bonchev–Trinajstić information content (AvgIpc) is 3.02. The first-order chi connectivity index (χ1) is 13.0. The Kier molecular flexibility index (Phi) is 5.60. The van der Waals surface area contributed by atoms with Crippen molar-refractivity contribution in [3.05, 3.63) is 72.1 Å². The SMILES string of the molecule is C=CCn1c(C(C)NC(=O)COc2cc(C)ccc2C)nc2ccccc21. The van der Waals surface area contributed by atoms with Crippen LogP contribution in [0.4, 0.5) is 0 Å². The lowest BCUT2D eigenvalue weighted by Gasteiger charge is -2.16. The average molecular weight is 363 g/mol. The number of hydrogen-bond donors (Lipinski definition) is 1. The van der Waals surface area contributed by atoms with Crippen LogP contribution in [0, 0.1) is 13.8 Å². The molecule has 5 nitrogen and oxygen atoms in total. The van der Waals surface area contributed by atoms with Gasteiger partial charge in [-0.1, -0.05) is 30.3 Å². The summed E-state index contributed by atoms with van der Waals surface area (Å²) < 4.78 is 7.77. The molecule has 0 saturated carbocycles. The Morgan fingerprint density at radius 2 is 2.07 bits per heavy atom. The van der Waals surface area contributed by atoms with E-state index in [1.54, 1.807) is 0 Å². The number of para-hydroxylation sites is 2. The first-order valence-corrected chi connectivity index (χ1v) is 9.05. The molecule has 3 aromatic rings. The smallest absolute Gasteiger partial charge is 0.258 e. The molecular weight excluding hydrogens is 338 g/mol. The number of nitrogens with one attached hydrogen (secondary N) is 1. The van der Waals surface area contributed by atoms with Crippen molar-refractivity contribution in [1.29, 1.82) is 0 Å². The number of aryl methyl sites for hydroxylation is 2. The maximum absolute atomic E-state index is 12.4. The van der Waals surface area contributed by atoms with Crippen LogP contribution < -0.4 is 10.1 Å². The third-order valence-corrected chi connectivity index (χ3v) is 4.46. The molecule has 3 rings (SSSR count). The molecule has 2 aromatic carbocycles. The molecule has 0 radical (unpaired) electrons. The van der Waals surface area contributed by atoms with Gasteiger partial charge in [0.05, 0.1) is 17.1 Å². The summed E-state index contributed by atoms with van der Waals surface area (Å²) in [5, 5.41) is 2.98. The Hall–Kier alpha value is -3.08. The van der Waals surface area contributed by atoms with Gasteiger partial charge in [0.1, 0.15) is 11.6 Å². The monoisotopic (exact) mass is 363 g/mol. The number of nitrogens with zero attached hydrogens (tertiary/aromatic N) is 2. The van der Waals surface area contributed by atoms with Crippen LogP contribution in [-0.4, -0.2) is 22.1 Å². The summed E-state index contributed by atoms with van der Waals surface area (Å²) >= 11 is 0. The van der Waals surface area contributed by atoms with Gasteiger partial charge in [0.15, 0.2) is 6.61 Å². The number of benzene rings is 2. The normalized spacial score (nSPS) is 12.0. The summed E-state index contributed by atoms with van der Waals surface area (Å²) in [6, 6.07) is 13.6. The first-order valence-electron chi connectivity index (χ1n) is 9.05. The predicted molar refractivity (Wildman–Crippen MR) is 108 cm³/mol. The quantitative estimate of drug-likeness (QED) is 0.643. The minimum absolute atomic E-state index is 0.0314. The molecule has 1 aromatic heterocycles. The summed E-state index contributed by atoms with van der Waals surface area (Å²) in [6.07, 6.45) is 1.83. The second-order valence-electron chi connectivity index (χ2n) is 6.70. The van der Waals surface area contributed by atoms with Crippen molar-refractivity contribution < 1.29 is 9.53 Å². The third kappa shape index (κ3) is 4.19. The molecule has 1 unspecified atom stereocenters. The number of carbonyl (C=O) groups excluding carboxylic acids is 1. The molecule has 0 aliphatic carbocycles. The Balaban J connectivity index is 1.71. The van der Waals surface area contributed by atoms with E-state index in [9.17, 15) is 4.79 Å². The van der Waals surface area contributed by atoms with Crippen molar-refractivity contribution in [2.24, 2.45) is 0 Å². The molecule has 1 N–H and O–H groups in total. The Bertz CT molecular complexity index is 975. The minimum Gasteiger partial charge on any atom is -0.483 e. The molecule has 1 amide bonds. The van der Waals surface area contributed by atoms with Gasteiger partial charge < -0.3 is 14.6 Å². The number of allylic oxidation sites excluding steroid dienone is 1. The highest BCUT2D eigenvalue weighted by Crippen LogP contribution is 2.21. The van der Waals surface area contributed by atoms with Crippen molar-refractivity contribution in [1.82, 2.24) is 14.9 Å². The number of fused-ring (bicyclic) bond motifs is 1. The van der Waals surface area contributed by atoms with E-state index in [2.05, 4.69) is 21.4 Å². The van der Waals surface area contributed by atoms with E-state index in [0.29, 0.717) is 6.54 Å². The van der Waals surface area contributed by atoms with Crippen LogP contribution in [0.5, 0.6) is 5.75 Å². The number of aromatic nitrogens is 2. The van der Waals surface area contributed by atoms with Crippen LogP contribution in [0.2, 0.25) is 0 Å². The Morgan fingerprint density at radius 1 is 1.30 bits per heavy atom. The van der Waals surface area contributed by atoms with Gasteiger partial charge in [0, 0.05) is 6.54 Å². The van der Waals surface area contributed by atoms with E-state index < -0.39 is 0 Å². The van der Waals surface area contributed by atoms with E-state index in [1.165, 1.54) is 0 Å². The number of rotatable bonds is 7. The topological polar surface area (TPSA) is 56.2 Å². The first kappa shape index (κ1) is 18.7. The second-order valence-corrected chi connectivity index (χ2v) is 6.70. The zero-order valence-electron chi connectivity index (χ0n) is 16.0. The van der Waals surface area contributed by atoms with Crippen molar-refractivity contribution in [2.75, 3.05) is 6.61 Å². The molecule has 140 valence electrons. The highest BCUT2D eigenvalue weighted by Gasteiger charge is 2.18. The molecule has 1 heterocycles. The van der Waals surface area contributed by atoms with Crippen LogP contribution >= 0.6 is 0 Å².